The molecule has 0 aliphatic rings. The molecule has 0 spiro atoms. The van der Waals surface area contributed by atoms with Crippen LogP contribution in [0.25, 0.3) is 22.3 Å². The predicted octanol–water partition coefficient (Wildman–Crippen LogP) is 5.53. The van der Waals surface area contributed by atoms with Crippen LogP contribution in [0.3, 0.4) is 0 Å². The smallest absolute Gasteiger partial charge is 0.315 e. The molecule has 0 atom stereocenters. The maximum atomic E-state index is 12.0. The number of anilines is 1. The zero-order valence-corrected chi connectivity index (χ0v) is 20.9. The minimum absolute atomic E-state index is 0.00777. The molecule has 0 unspecified atom stereocenters. The number of phenols is 3. The topological polar surface area (TPSA) is 158 Å². The number of methoxy groups -OCH3 is 2. The van der Waals surface area contributed by atoms with Gasteiger partial charge in [0, 0.05) is 11.6 Å². The van der Waals surface area contributed by atoms with Crippen molar-refractivity contribution in [2.75, 3.05) is 20.0 Å². The largest absolute Gasteiger partial charge is 0.508 e. The lowest BCUT2D eigenvalue weighted by Crippen LogP contribution is -2.03. The summed E-state index contributed by atoms with van der Waals surface area (Å²) in [6.07, 6.45) is 0. The van der Waals surface area contributed by atoms with Gasteiger partial charge in [0.15, 0.2) is 23.0 Å². The average molecular weight is 519 g/mol. The number of benzene rings is 4. The summed E-state index contributed by atoms with van der Waals surface area (Å²) in [7, 11) is 2.66. The van der Waals surface area contributed by atoms with Crippen LogP contribution in [0.4, 0.5) is 11.4 Å². The van der Waals surface area contributed by atoms with Gasteiger partial charge in [-0.3, -0.25) is 10.1 Å². The molecular weight excluding hydrogens is 492 g/mol. The van der Waals surface area contributed by atoms with E-state index in [4.69, 9.17) is 19.9 Å². The van der Waals surface area contributed by atoms with Gasteiger partial charge in [-0.05, 0) is 36.2 Å². The highest BCUT2D eigenvalue weighted by molar-refractivity contribution is 5.97. The van der Waals surface area contributed by atoms with Gasteiger partial charge >= 0.3 is 5.69 Å². The standard InChI is InChI=1S/C28H26N2O8/c1-15-4-6-16(7-5-15)14-38-26-20(30(34)35)12-18(13-21(26)32)23-25(33)28(37-3)22(24(29)27(23)36-2)17-8-10-19(31)11-9-17/h4-13,31-33H,14,29H2,1-3H3. The number of nitrogen functional groups attached to an aromatic ring is 1. The Morgan fingerprint density at radius 2 is 1.47 bits per heavy atom. The summed E-state index contributed by atoms with van der Waals surface area (Å²) in [4.78, 5) is 11.3. The van der Waals surface area contributed by atoms with Gasteiger partial charge in [0.05, 0.1) is 36.0 Å². The summed E-state index contributed by atoms with van der Waals surface area (Å²) in [6, 6.07) is 15.8. The van der Waals surface area contributed by atoms with E-state index in [0.29, 0.717) is 11.1 Å². The van der Waals surface area contributed by atoms with Gasteiger partial charge in [0.2, 0.25) is 5.75 Å². The average Bonchev–Trinajstić information content (AvgIpc) is 2.89. The van der Waals surface area contributed by atoms with Crippen molar-refractivity contribution in [3.63, 3.8) is 0 Å². The normalized spacial score (nSPS) is 10.7. The summed E-state index contributed by atoms with van der Waals surface area (Å²) >= 11 is 0. The number of rotatable bonds is 8. The molecule has 0 radical (unpaired) electrons. The molecule has 4 rings (SSSR count). The molecule has 4 aromatic rings. The molecule has 0 bridgehead atoms. The van der Waals surface area contributed by atoms with Crippen LogP contribution in [0, 0.1) is 17.0 Å². The lowest BCUT2D eigenvalue weighted by molar-refractivity contribution is -0.386. The fourth-order valence-electron chi connectivity index (χ4n) is 4.17. The third-order valence-corrected chi connectivity index (χ3v) is 6.02. The first-order valence-electron chi connectivity index (χ1n) is 11.4. The van der Waals surface area contributed by atoms with Crippen molar-refractivity contribution in [2.45, 2.75) is 13.5 Å². The minimum atomic E-state index is -0.692. The number of hydrogen-bond donors (Lipinski definition) is 4. The van der Waals surface area contributed by atoms with E-state index in [-0.39, 0.29) is 46.4 Å². The van der Waals surface area contributed by atoms with Gasteiger partial charge in [0.1, 0.15) is 12.4 Å². The van der Waals surface area contributed by atoms with Gasteiger partial charge in [-0.2, -0.15) is 0 Å². The zero-order valence-electron chi connectivity index (χ0n) is 20.9. The van der Waals surface area contributed by atoms with Crippen LogP contribution in [0.1, 0.15) is 11.1 Å². The third-order valence-electron chi connectivity index (χ3n) is 6.02. The van der Waals surface area contributed by atoms with Gasteiger partial charge in [0.25, 0.3) is 0 Å². The first-order chi connectivity index (χ1) is 18.2. The van der Waals surface area contributed by atoms with Crippen LogP contribution in [0.2, 0.25) is 0 Å². The van der Waals surface area contributed by atoms with Crippen molar-refractivity contribution >= 4 is 11.4 Å². The van der Waals surface area contributed by atoms with Crippen molar-refractivity contribution < 1.29 is 34.5 Å². The van der Waals surface area contributed by atoms with Crippen molar-refractivity contribution in [3.8, 4) is 56.8 Å². The summed E-state index contributed by atoms with van der Waals surface area (Å²) < 4.78 is 16.6. The summed E-state index contributed by atoms with van der Waals surface area (Å²) in [6.45, 7) is 1.92. The number of phenolic OH excluding ortho intramolecular Hbond substituents is 3. The fraction of sp³-hybridized carbons (Fsp3) is 0.143. The highest BCUT2D eigenvalue weighted by atomic mass is 16.6. The Bertz CT molecular complexity index is 1500. The maximum absolute atomic E-state index is 12.0. The number of ether oxygens (including phenoxy) is 3. The van der Waals surface area contributed by atoms with E-state index < -0.39 is 22.1 Å². The molecule has 0 saturated carbocycles. The molecule has 10 nitrogen and oxygen atoms in total. The van der Waals surface area contributed by atoms with Crippen molar-refractivity contribution in [1.29, 1.82) is 0 Å². The molecule has 0 amide bonds. The summed E-state index contributed by atoms with van der Waals surface area (Å²) in [5, 5.41) is 43.6. The van der Waals surface area contributed by atoms with Crippen LogP contribution in [0.5, 0.6) is 34.5 Å². The van der Waals surface area contributed by atoms with Crippen LogP contribution >= 0.6 is 0 Å². The van der Waals surface area contributed by atoms with Gasteiger partial charge < -0.3 is 35.3 Å². The Morgan fingerprint density at radius 1 is 0.842 bits per heavy atom. The van der Waals surface area contributed by atoms with E-state index in [1.54, 1.807) is 12.1 Å². The second kappa shape index (κ2) is 10.5. The molecule has 38 heavy (non-hydrogen) atoms. The second-order valence-corrected chi connectivity index (χ2v) is 8.50. The molecule has 196 valence electrons. The molecule has 4 aromatic carbocycles. The number of nitro benzene ring substituents is 1. The molecule has 0 fully saturated rings. The quantitative estimate of drug-likeness (QED) is 0.102. The van der Waals surface area contributed by atoms with E-state index in [9.17, 15) is 25.4 Å². The van der Waals surface area contributed by atoms with Crippen molar-refractivity contribution in [2.24, 2.45) is 0 Å². The Balaban J connectivity index is 1.86. The molecule has 0 saturated heterocycles. The molecule has 5 N–H and O–H groups in total. The molecule has 0 aliphatic carbocycles. The summed E-state index contributed by atoms with van der Waals surface area (Å²) in [5.41, 5.74) is 8.64. The van der Waals surface area contributed by atoms with E-state index in [1.165, 1.54) is 32.4 Å². The molecule has 10 heteroatoms. The first-order valence-corrected chi connectivity index (χ1v) is 11.4. The van der Waals surface area contributed by atoms with Crippen LogP contribution in [-0.4, -0.2) is 34.5 Å². The lowest BCUT2D eigenvalue weighted by atomic mass is 9.94. The first kappa shape index (κ1) is 26.0. The number of aromatic hydroxyl groups is 3. The third kappa shape index (κ3) is 4.79. The van der Waals surface area contributed by atoms with Crippen LogP contribution in [-0.2, 0) is 6.61 Å². The number of aryl methyl sites for hydroxylation is 1. The number of hydrogen-bond acceptors (Lipinski definition) is 9. The van der Waals surface area contributed by atoms with Gasteiger partial charge in [-0.1, -0.05) is 42.0 Å². The van der Waals surface area contributed by atoms with Gasteiger partial charge in [-0.15, -0.1) is 0 Å². The van der Waals surface area contributed by atoms with Crippen molar-refractivity contribution in [1.82, 2.24) is 0 Å². The number of nitro groups is 1. The minimum Gasteiger partial charge on any atom is -0.508 e. The molecule has 0 aromatic heterocycles. The zero-order chi connectivity index (χ0) is 27.6. The van der Waals surface area contributed by atoms with E-state index in [0.717, 1.165) is 17.2 Å². The Labute approximate surface area is 218 Å². The highest BCUT2D eigenvalue weighted by Gasteiger charge is 2.29. The Morgan fingerprint density at radius 3 is 2.05 bits per heavy atom. The van der Waals surface area contributed by atoms with Crippen molar-refractivity contribution in [3.05, 3.63) is 81.9 Å². The molecule has 0 aliphatic heterocycles. The maximum Gasteiger partial charge on any atom is 0.315 e. The Kier molecular flexibility index (Phi) is 7.15. The van der Waals surface area contributed by atoms with E-state index >= 15 is 0 Å². The summed E-state index contributed by atoms with van der Waals surface area (Å²) in [5.74, 6) is -1.23. The van der Waals surface area contributed by atoms with Gasteiger partial charge in [-0.25, -0.2) is 0 Å². The molecule has 0 heterocycles. The number of nitrogens with two attached hydrogens (primary N) is 1. The van der Waals surface area contributed by atoms with E-state index in [1.807, 2.05) is 31.2 Å². The number of nitrogens with zero attached hydrogens (tertiary/aromatic N) is 1. The monoisotopic (exact) mass is 518 g/mol. The molecular formula is C28H26N2O8. The highest BCUT2D eigenvalue weighted by Crippen LogP contribution is 2.55. The van der Waals surface area contributed by atoms with Crippen LogP contribution < -0.4 is 19.9 Å². The fourth-order valence-corrected chi connectivity index (χ4v) is 4.17. The Hall–Kier alpha value is -5.12. The van der Waals surface area contributed by atoms with E-state index in [2.05, 4.69) is 0 Å². The lowest BCUT2D eigenvalue weighted by Gasteiger charge is -2.21. The predicted molar refractivity (Wildman–Crippen MR) is 142 cm³/mol. The SMILES string of the molecule is COc1c(O)c(-c2cc(O)c(OCc3ccc(C)cc3)c([N+](=O)[O-])c2)c(OC)c(N)c1-c1ccc(O)cc1. The van der Waals surface area contributed by atoms with Crippen LogP contribution in [0.15, 0.2) is 60.7 Å². The second-order valence-electron chi connectivity index (χ2n) is 8.50.